The summed E-state index contributed by atoms with van der Waals surface area (Å²) in [5, 5.41) is 4.52. The summed E-state index contributed by atoms with van der Waals surface area (Å²) < 4.78 is 7.65. The molecule has 0 radical (unpaired) electrons. The van der Waals surface area contributed by atoms with E-state index in [1.807, 2.05) is 28.9 Å². The number of nitrogens with two attached hydrogens (primary N) is 1. The van der Waals surface area contributed by atoms with Gasteiger partial charge in [-0.1, -0.05) is 6.92 Å². The van der Waals surface area contributed by atoms with Gasteiger partial charge in [0.05, 0.1) is 19.3 Å². The first kappa shape index (κ1) is 14.0. The number of ether oxygens (including phenoxy) is 1. The van der Waals surface area contributed by atoms with E-state index < -0.39 is 0 Å². The maximum absolute atomic E-state index is 5.80. The van der Waals surface area contributed by atoms with Gasteiger partial charge in [-0.3, -0.25) is 4.90 Å². The lowest BCUT2D eigenvalue weighted by atomic mass is 10.2. The number of nitrogen functional groups attached to an aromatic ring is 1. The summed E-state index contributed by atoms with van der Waals surface area (Å²) >= 11 is 0. The Balaban J connectivity index is 1.66. The second-order valence-corrected chi connectivity index (χ2v) is 5.30. The van der Waals surface area contributed by atoms with E-state index in [2.05, 4.69) is 21.9 Å². The molecular formula is C15H21N5O. The molecule has 0 amide bonds. The summed E-state index contributed by atoms with van der Waals surface area (Å²) in [5.41, 5.74) is 7.41. The normalized spacial score (nSPS) is 19.8. The van der Waals surface area contributed by atoms with Crippen LogP contribution in [-0.2, 0) is 11.3 Å². The van der Waals surface area contributed by atoms with Crippen molar-refractivity contribution in [1.82, 2.24) is 19.7 Å². The molecule has 0 spiro atoms. The Morgan fingerprint density at radius 3 is 2.90 bits per heavy atom. The van der Waals surface area contributed by atoms with Crippen LogP contribution in [0.3, 0.4) is 0 Å². The Bertz CT molecular complexity index is 580. The van der Waals surface area contributed by atoms with Crippen molar-refractivity contribution in [2.75, 3.05) is 32.0 Å². The maximum Gasteiger partial charge on any atom is 0.181 e. The fourth-order valence-electron chi connectivity index (χ4n) is 2.53. The van der Waals surface area contributed by atoms with Crippen molar-refractivity contribution in [2.24, 2.45) is 0 Å². The average Bonchev–Trinajstić information content (AvgIpc) is 2.96. The fourth-order valence-corrected chi connectivity index (χ4v) is 2.53. The summed E-state index contributed by atoms with van der Waals surface area (Å²) in [6, 6.07) is 7.59. The molecule has 1 aromatic heterocycles. The van der Waals surface area contributed by atoms with Crippen molar-refractivity contribution in [3.63, 3.8) is 0 Å². The molecule has 2 aromatic rings. The monoisotopic (exact) mass is 287 g/mol. The van der Waals surface area contributed by atoms with Crippen molar-refractivity contribution in [3.8, 4) is 11.4 Å². The predicted octanol–water partition coefficient (Wildman–Crippen LogP) is 1.25. The molecule has 6 heteroatoms. The number of rotatable bonds is 4. The highest BCUT2D eigenvalue weighted by atomic mass is 16.5. The molecule has 1 unspecified atom stereocenters. The Kier molecular flexibility index (Phi) is 4.17. The zero-order valence-corrected chi connectivity index (χ0v) is 12.3. The highest BCUT2D eigenvalue weighted by Gasteiger charge is 2.20. The number of nitrogens with zero attached hydrogens (tertiary/aromatic N) is 4. The van der Waals surface area contributed by atoms with E-state index in [1.54, 1.807) is 6.33 Å². The van der Waals surface area contributed by atoms with Crippen LogP contribution in [0, 0.1) is 0 Å². The smallest absolute Gasteiger partial charge is 0.181 e. The van der Waals surface area contributed by atoms with Crippen molar-refractivity contribution in [1.29, 1.82) is 0 Å². The number of morpholine rings is 1. The molecule has 0 aliphatic carbocycles. The molecule has 2 heterocycles. The fraction of sp³-hybridized carbons (Fsp3) is 0.467. The van der Waals surface area contributed by atoms with Crippen molar-refractivity contribution in [2.45, 2.75) is 19.6 Å². The first-order valence-electron chi connectivity index (χ1n) is 7.34. The van der Waals surface area contributed by atoms with Crippen LogP contribution in [0.1, 0.15) is 6.92 Å². The van der Waals surface area contributed by atoms with E-state index >= 15 is 0 Å². The lowest BCUT2D eigenvalue weighted by molar-refractivity contribution is -0.0358. The number of likely N-dealkylation sites (N-methyl/N-ethyl adjacent to an activating group) is 1. The van der Waals surface area contributed by atoms with Crippen molar-refractivity contribution >= 4 is 5.69 Å². The van der Waals surface area contributed by atoms with Crippen molar-refractivity contribution < 1.29 is 4.74 Å². The molecule has 1 atom stereocenters. The topological polar surface area (TPSA) is 69.2 Å². The lowest BCUT2D eigenvalue weighted by Crippen LogP contribution is -2.44. The Hall–Kier alpha value is -1.92. The molecule has 1 fully saturated rings. The largest absolute Gasteiger partial charge is 0.399 e. The number of aromatic nitrogens is 3. The molecule has 2 N–H and O–H groups in total. The predicted molar refractivity (Wildman–Crippen MR) is 81.7 cm³/mol. The van der Waals surface area contributed by atoms with Crippen LogP contribution in [0.5, 0.6) is 0 Å². The Morgan fingerprint density at radius 2 is 2.14 bits per heavy atom. The molecule has 0 saturated carbocycles. The second-order valence-electron chi connectivity index (χ2n) is 5.30. The second kappa shape index (κ2) is 6.24. The van der Waals surface area contributed by atoms with Gasteiger partial charge in [-0.2, -0.15) is 5.10 Å². The highest BCUT2D eigenvalue weighted by molar-refractivity contribution is 5.57. The van der Waals surface area contributed by atoms with Crippen LogP contribution in [0.2, 0.25) is 0 Å². The number of hydrogen-bond acceptors (Lipinski definition) is 5. The van der Waals surface area contributed by atoms with Crippen LogP contribution in [-0.4, -0.2) is 52.0 Å². The summed E-state index contributed by atoms with van der Waals surface area (Å²) in [6.07, 6.45) is 1.94. The van der Waals surface area contributed by atoms with Gasteiger partial charge in [-0.05, 0) is 30.8 Å². The van der Waals surface area contributed by atoms with E-state index in [0.29, 0.717) is 0 Å². The number of benzene rings is 1. The zero-order chi connectivity index (χ0) is 14.7. The third-order valence-corrected chi connectivity index (χ3v) is 3.77. The van der Waals surface area contributed by atoms with E-state index in [-0.39, 0.29) is 6.10 Å². The summed E-state index contributed by atoms with van der Waals surface area (Å²) in [4.78, 5) is 6.76. The molecule has 0 bridgehead atoms. The minimum absolute atomic E-state index is 0.180. The summed E-state index contributed by atoms with van der Waals surface area (Å²) in [6.45, 7) is 6.73. The lowest BCUT2D eigenvalue weighted by Gasteiger charge is -2.31. The van der Waals surface area contributed by atoms with Gasteiger partial charge in [0.1, 0.15) is 6.33 Å². The first-order chi connectivity index (χ1) is 10.2. The average molecular weight is 287 g/mol. The van der Waals surface area contributed by atoms with Gasteiger partial charge in [0.15, 0.2) is 5.82 Å². The third-order valence-electron chi connectivity index (χ3n) is 3.77. The van der Waals surface area contributed by atoms with E-state index in [1.165, 1.54) is 0 Å². The van der Waals surface area contributed by atoms with Crippen LogP contribution in [0.4, 0.5) is 5.69 Å². The molecule has 1 aliphatic heterocycles. The van der Waals surface area contributed by atoms with E-state index in [9.17, 15) is 0 Å². The SMILES string of the molecule is CCN1CCOC(Cn2cnc(-c3ccc(N)cc3)n2)C1. The molecule has 112 valence electrons. The van der Waals surface area contributed by atoms with Gasteiger partial charge in [-0.25, -0.2) is 9.67 Å². The van der Waals surface area contributed by atoms with Crippen LogP contribution in [0.25, 0.3) is 11.4 Å². The van der Waals surface area contributed by atoms with E-state index in [4.69, 9.17) is 10.5 Å². The molecular weight excluding hydrogens is 266 g/mol. The molecule has 1 saturated heterocycles. The van der Waals surface area contributed by atoms with Gasteiger partial charge in [0.25, 0.3) is 0 Å². The summed E-state index contributed by atoms with van der Waals surface area (Å²) in [5.74, 6) is 0.721. The quantitative estimate of drug-likeness (QED) is 0.857. The zero-order valence-electron chi connectivity index (χ0n) is 12.3. The molecule has 6 nitrogen and oxygen atoms in total. The van der Waals surface area contributed by atoms with Gasteiger partial charge in [-0.15, -0.1) is 0 Å². The minimum atomic E-state index is 0.180. The number of hydrogen-bond donors (Lipinski definition) is 1. The Labute approximate surface area is 124 Å². The molecule has 3 rings (SSSR count). The Morgan fingerprint density at radius 1 is 1.33 bits per heavy atom. The van der Waals surface area contributed by atoms with Gasteiger partial charge >= 0.3 is 0 Å². The first-order valence-corrected chi connectivity index (χ1v) is 7.34. The highest BCUT2D eigenvalue weighted by Crippen LogP contribution is 2.16. The minimum Gasteiger partial charge on any atom is -0.399 e. The van der Waals surface area contributed by atoms with Crippen LogP contribution >= 0.6 is 0 Å². The van der Waals surface area contributed by atoms with Crippen LogP contribution < -0.4 is 5.73 Å². The molecule has 21 heavy (non-hydrogen) atoms. The van der Waals surface area contributed by atoms with Gasteiger partial charge in [0.2, 0.25) is 0 Å². The van der Waals surface area contributed by atoms with Gasteiger partial charge < -0.3 is 10.5 Å². The van der Waals surface area contributed by atoms with E-state index in [0.717, 1.165) is 49.9 Å². The third kappa shape index (κ3) is 3.40. The molecule has 1 aliphatic rings. The number of anilines is 1. The maximum atomic E-state index is 5.80. The van der Waals surface area contributed by atoms with Gasteiger partial charge in [0, 0.05) is 24.3 Å². The van der Waals surface area contributed by atoms with Crippen molar-refractivity contribution in [3.05, 3.63) is 30.6 Å². The molecule has 1 aromatic carbocycles. The van der Waals surface area contributed by atoms with Crippen LogP contribution in [0.15, 0.2) is 30.6 Å². The standard InChI is InChI=1S/C15H21N5O/c1-2-19-7-8-21-14(9-19)10-20-11-17-15(18-20)12-3-5-13(16)6-4-12/h3-6,11,14H,2,7-10,16H2,1H3. The summed E-state index contributed by atoms with van der Waals surface area (Å²) in [7, 11) is 0.